The molecule has 0 bridgehead atoms. The number of carboxylic acid groups (broad SMARTS) is 2. The van der Waals surface area contributed by atoms with Crippen molar-refractivity contribution in [3.8, 4) is 0 Å². The zero-order chi connectivity index (χ0) is 68.6. The number of hydrogen-bond acceptors (Lipinski definition) is 16. The lowest BCUT2D eigenvalue weighted by Gasteiger charge is -2.21. The Hall–Kier alpha value is -6.74. The molecule has 5 aromatic carbocycles. The highest BCUT2D eigenvalue weighted by molar-refractivity contribution is 6.31. The van der Waals surface area contributed by atoms with E-state index in [1.165, 1.54) is 39.6 Å². The van der Waals surface area contributed by atoms with Crippen molar-refractivity contribution in [1.82, 2.24) is 14.7 Å². The van der Waals surface area contributed by atoms with Crippen molar-refractivity contribution < 1.29 is 72.5 Å². The number of aliphatic hydroxyl groups is 1. The third-order valence-electron chi connectivity index (χ3n) is 13.1. The average molecular weight is 1310 g/mol. The molecule has 0 saturated heterocycles. The maximum Gasteiger partial charge on any atom is 0.337 e. The fourth-order valence-electron chi connectivity index (χ4n) is 8.58. The Bertz CT molecular complexity index is 2540. The monoisotopic (exact) mass is 1310 g/mol. The fourth-order valence-corrected chi connectivity index (χ4v) is 8.96. The third-order valence-corrected chi connectivity index (χ3v) is 13.8. The molecule has 20 heteroatoms. The molecule has 0 heterocycles. The normalized spacial score (nSPS) is 10.1. The van der Waals surface area contributed by atoms with Crippen LogP contribution in [-0.4, -0.2) is 155 Å². The van der Waals surface area contributed by atoms with Crippen LogP contribution in [0.15, 0.2) is 121 Å². The second kappa shape index (κ2) is 57.2. The van der Waals surface area contributed by atoms with E-state index in [-0.39, 0.29) is 30.3 Å². The van der Waals surface area contributed by atoms with Gasteiger partial charge >= 0.3 is 35.8 Å². The molecule has 0 spiro atoms. The summed E-state index contributed by atoms with van der Waals surface area (Å²) in [5.41, 5.74) is 6.90. The second-order valence-electron chi connectivity index (χ2n) is 20.2. The highest BCUT2D eigenvalue weighted by atomic mass is 35.5. The van der Waals surface area contributed by atoms with E-state index >= 15 is 0 Å². The molecule has 0 saturated carbocycles. The predicted molar refractivity (Wildman–Crippen MR) is 363 cm³/mol. The van der Waals surface area contributed by atoms with Crippen LogP contribution in [0, 0.1) is 0 Å². The summed E-state index contributed by atoms with van der Waals surface area (Å²) in [5, 5.41) is 26.0. The van der Waals surface area contributed by atoms with Crippen molar-refractivity contribution in [3.05, 3.63) is 176 Å². The predicted octanol–water partition coefficient (Wildman–Crippen LogP) is 14.5. The Balaban J connectivity index is 0. The van der Waals surface area contributed by atoms with Gasteiger partial charge in [0.2, 0.25) is 0 Å². The van der Waals surface area contributed by atoms with Gasteiger partial charge in [0.1, 0.15) is 0 Å². The van der Waals surface area contributed by atoms with Gasteiger partial charge in [-0.3, -0.25) is 29.1 Å². The number of aliphatic hydroxyl groups excluding tert-OH is 1. The van der Waals surface area contributed by atoms with Gasteiger partial charge in [-0.25, -0.2) is 14.4 Å². The van der Waals surface area contributed by atoms with Crippen LogP contribution >= 0.6 is 23.2 Å². The van der Waals surface area contributed by atoms with E-state index in [4.69, 9.17) is 57.5 Å². The van der Waals surface area contributed by atoms with Gasteiger partial charge in [0, 0.05) is 70.3 Å². The topological polar surface area (TPSA) is 228 Å². The number of halogens is 2. The largest absolute Gasteiger partial charge is 0.481 e. The summed E-state index contributed by atoms with van der Waals surface area (Å²) in [6, 6.07) is 37.2. The summed E-state index contributed by atoms with van der Waals surface area (Å²) in [6.45, 7) is 19.8. The number of esters is 4. The number of benzene rings is 5. The van der Waals surface area contributed by atoms with E-state index < -0.39 is 11.9 Å². The number of rotatable bonds is 34. The maximum atomic E-state index is 11.4. The summed E-state index contributed by atoms with van der Waals surface area (Å²) < 4.78 is 28.6. The van der Waals surface area contributed by atoms with Gasteiger partial charge in [-0.15, -0.1) is 0 Å². The average Bonchev–Trinajstić information content (AvgIpc) is 3.17. The molecular formula is C71H105Cl2N3O15. The van der Waals surface area contributed by atoms with Crippen LogP contribution in [0.25, 0.3) is 0 Å². The minimum atomic E-state index is -0.916. The third kappa shape index (κ3) is 42.9. The summed E-state index contributed by atoms with van der Waals surface area (Å²) in [5.74, 6) is -2.59. The molecule has 3 N–H and O–H groups in total. The minimum absolute atomic E-state index is 0.148. The first-order valence-corrected chi connectivity index (χ1v) is 31.8. The van der Waals surface area contributed by atoms with E-state index in [1.807, 2.05) is 98.8 Å². The fraction of sp³-hybridized carbons (Fsp3) is 0.493. The first-order chi connectivity index (χ1) is 43.9. The zero-order valence-corrected chi connectivity index (χ0v) is 57.7. The van der Waals surface area contributed by atoms with Crippen molar-refractivity contribution in [1.29, 1.82) is 0 Å². The standard InChI is InChI=1S/2C18H27NO4.C16H23NO4.2C8H9ClO.C2H6.CH4O/c2*1-4-12-19(13-6-5-7-17(20)22-2)14-15-8-10-16(11-9-15)18(21)23-3;1-2-10-17(11-4-3-5-15(18)19)12-13-6-8-14(9-7-13)16(20)21;2*1-10-6-7-4-2-3-5-8(7)9;2*1-2/h2*8-11H,4-7,12-14H2,1-3H3;6-9H,2-5,10-12H2,1H3,(H,18,19)(H,20,21);2*2-5H,6H2,1H3;1-2H3;2H,1H3. The quantitative estimate of drug-likeness (QED) is 0.0198. The van der Waals surface area contributed by atoms with Gasteiger partial charge in [-0.05, 0) is 173 Å². The zero-order valence-electron chi connectivity index (χ0n) is 56.1. The number of carbonyl (C=O) groups excluding carboxylic acids is 4. The van der Waals surface area contributed by atoms with Crippen LogP contribution in [-0.2, 0) is 75.7 Å². The van der Waals surface area contributed by atoms with E-state index in [2.05, 4.69) is 44.9 Å². The molecule has 508 valence electrons. The van der Waals surface area contributed by atoms with Crippen LogP contribution in [0.3, 0.4) is 0 Å². The molecule has 0 unspecified atom stereocenters. The summed E-state index contributed by atoms with van der Waals surface area (Å²) >= 11 is 11.6. The van der Waals surface area contributed by atoms with Crippen LogP contribution in [0.1, 0.15) is 171 Å². The Morgan fingerprint density at radius 2 is 0.692 bits per heavy atom. The van der Waals surface area contributed by atoms with Crippen LogP contribution < -0.4 is 0 Å². The molecule has 0 atom stereocenters. The smallest absolute Gasteiger partial charge is 0.337 e. The van der Waals surface area contributed by atoms with E-state index in [0.717, 1.165) is 144 Å². The van der Waals surface area contributed by atoms with Crippen molar-refractivity contribution in [2.24, 2.45) is 0 Å². The number of aliphatic carboxylic acids is 1. The number of aromatic carboxylic acids is 1. The molecule has 18 nitrogen and oxygen atoms in total. The van der Waals surface area contributed by atoms with Crippen LogP contribution in [0.2, 0.25) is 10.0 Å². The molecular weight excluding hydrogens is 1210 g/mol. The molecule has 91 heavy (non-hydrogen) atoms. The van der Waals surface area contributed by atoms with Gasteiger partial charge in [-0.1, -0.05) is 131 Å². The number of methoxy groups -OCH3 is 6. The SMILES string of the molecule is CC.CCCN(CCCCC(=O)O)Cc1ccc(C(=O)O)cc1.CCCN(CCCCC(=O)OC)Cc1ccc(C(=O)OC)cc1.CCCN(CCCCC(=O)OC)Cc1ccc(C(=O)OC)cc1.CO.COCc1ccccc1Cl.COCc1ccccc1Cl. The summed E-state index contributed by atoms with van der Waals surface area (Å²) in [7, 11) is 9.92. The number of ether oxygens (including phenoxy) is 6. The van der Waals surface area contributed by atoms with Crippen molar-refractivity contribution in [2.45, 2.75) is 145 Å². The number of carbonyl (C=O) groups is 6. The van der Waals surface area contributed by atoms with Gasteiger partial charge in [0.15, 0.2) is 0 Å². The van der Waals surface area contributed by atoms with Gasteiger partial charge < -0.3 is 43.7 Å². The molecule has 5 aromatic rings. The van der Waals surface area contributed by atoms with Gasteiger partial charge in [-0.2, -0.15) is 0 Å². The van der Waals surface area contributed by atoms with E-state index in [0.29, 0.717) is 49.2 Å². The number of hydrogen-bond donors (Lipinski definition) is 3. The van der Waals surface area contributed by atoms with Gasteiger partial charge in [0.05, 0.1) is 58.3 Å². The number of nitrogens with zero attached hydrogens (tertiary/aromatic N) is 3. The molecule has 0 aliphatic heterocycles. The molecule has 0 aliphatic rings. The maximum absolute atomic E-state index is 11.4. The van der Waals surface area contributed by atoms with E-state index in [1.54, 1.807) is 50.6 Å². The Morgan fingerprint density at radius 1 is 0.396 bits per heavy atom. The Morgan fingerprint density at radius 3 is 0.945 bits per heavy atom. The number of carboxylic acids is 2. The van der Waals surface area contributed by atoms with Crippen molar-refractivity contribution in [3.63, 3.8) is 0 Å². The molecule has 0 amide bonds. The van der Waals surface area contributed by atoms with Crippen LogP contribution in [0.4, 0.5) is 0 Å². The Kier molecular flexibility index (Phi) is 54.2. The van der Waals surface area contributed by atoms with Gasteiger partial charge in [0.25, 0.3) is 0 Å². The first-order valence-electron chi connectivity index (χ1n) is 31.0. The summed E-state index contributed by atoms with van der Waals surface area (Å²) in [6.07, 6.45) is 9.53. The molecule has 0 fully saturated rings. The van der Waals surface area contributed by atoms with Crippen molar-refractivity contribution >= 4 is 59.0 Å². The highest BCUT2D eigenvalue weighted by Crippen LogP contribution is 2.17. The summed E-state index contributed by atoms with van der Waals surface area (Å²) in [4.78, 5) is 73.4. The van der Waals surface area contributed by atoms with Crippen LogP contribution in [0.5, 0.6) is 0 Å². The molecule has 5 rings (SSSR count). The molecule has 0 aromatic heterocycles. The minimum Gasteiger partial charge on any atom is -0.481 e. The lowest BCUT2D eigenvalue weighted by molar-refractivity contribution is -0.141. The number of unbranched alkanes of at least 4 members (excludes halogenated alkanes) is 3. The Labute approximate surface area is 553 Å². The lowest BCUT2D eigenvalue weighted by atomic mass is 10.1. The molecule has 0 radical (unpaired) electrons. The van der Waals surface area contributed by atoms with E-state index in [9.17, 15) is 28.8 Å². The highest BCUT2D eigenvalue weighted by Gasteiger charge is 2.12. The lowest BCUT2D eigenvalue weighted by Crippen LogP contribution is -2.25. The second-order valence-corrected chi connectivity index (χ2v) is 21.0. The first kappa shape index (κ1) is 86.3. The molecule has 0 aliphatic carbocycles. The van der Waals surface area contributed by atoms with Crippen molar-refractivity contribution in [2.75, 3.05) is 89.0 Å².